The Kier molecular flexibility index (Phi) is 4.84. The van der Waals surface area contributed by atoms with Crippen molar-refractivity contribution >= 4 is 23.1 Å². The van der Waals surface area contributed by atoms with E-state index in [9.17, 15) is 5.26 Å². The van der Waals surface area contributed by atoms with Gasteiger partial charge in [-0.3, -0.25) is 0 Å². The number of nitrogens with zero attached hydrogens (tertiary/aromatic N) is 4. The fraction of sp³-hybridized carbons (Fsp3) is 0.278. The van der Waals surface area contributed by atoms with Crippen molar-refractivity contribution < 1.29 is 0 Å². The van der Waals surface area contributed by atoms with Crippen molar-refractivity contribution in [1.82, 2.24) is 4.98 Å². The monoisotopic (exact) mass is 337 g/mol. The van der Waals surface area contributed by atoms with Crippen molar-refractivity contribution in [2.75, 3.05) is 23.3 Å². The number of nitriles is 2. The molecule has 5 nitrogen and oxygen atoms in total. The summed E-state index contributed by atoms with van der Waals surface area (Å²) in [6.07, 6.45) is 3.51. The Labute approximate surface area is 146 Å². The molecule has 6 heteroatoms. The molecule has 0 saturated carbocycles. The molecule has 0 aliphatic carbocycles. The van der Waals surface area contributed by atoms with Gasteiger partial charge in [-0.1, -0.05) is 11.6 Å². The first-order valence-corrected chi connectivity index (χ1v) is 8.14. The van der Waals surface area contributed by atoms with Crippen LogP contribution in [0.3, 0.4) is 0 Å². The molecule has 1 aliphatic rings. The zero-order valence-electron chi connectivity index (χ0n) is 13.0. The van der Waals surface area contributed by atoms with Crippen molar-refractivity contribution in [3.63, 3.8) is 0 Å². The summed E-state index contributed by atoms with van der Waals surface area (Å²) in [5.74, 6) is 0.900. The van der Waals surface area contributed by atoms with Crippen molar-refractivity contribution in [2.45, 2.75) is 18.9 Å². The van der Waals surface area contributed by atoms with Crippen LogP contribution >= 0.6 is 11.6 Å². The Bertz CT molecular complexity index is 796. The molecule has 0 spiro atoms. The van der Waals surface area contributed by atoms with Gasteiger partial charge in [0.2, 0.25) is 0 Å². The smallest absolute Gasteiger partial charge is 0.128 e. The van der Waals surface area contributed by atoms with Gasteiger partial charge < -0.3 is 10.2 Å². The van der Waals surface area contributed by atoms with Crippen LogP contribution in [0, 0.1) is 22.7 Å². The van der Waals surface area contributed by atoms with Crippen LogP contribution in [0.15, 0.2) is 36.5 Å². The normalized spacial score (nSPS) is 14.7. The Hall–Kier alpha value is -2.76. The molecule has 0 radical (unpaired) electrons. The molecule has 0 unspecified atom stereocenters. The van der Waals surface area contributed by atoms with E-state index >= 15 is 0 Å². The highest BCUT2D eigenvalue weighted by molar-refractivity contribution is 6.30. The Morgan fingerprint density at radius 3 is 2.54 bits per heavy atom. The molecule has 2 aromatic rings. The number of rotatable bonds is 3. The van der Waals surface area contributed by atoms with E-state index in [0.717, 1.165) is 37.4 Å². The first kappa shape index (κ1) is 16.1. The van der Waals surface area contributed by atoms with Crippen molar-refractivity contribution in [3.05, 3.63) is 52.7 Å². The van der Waals surface area contributed by atoms with E-state index in [4.69, 9.17) is 16.9 Å². The van der Waals surface area contributed by atoms with Crippen LogP contribution in [0.25, 0.3) is 0 Å². The SMILES string of the molecule is N#Cc1ccc(N2CCC(Nc3ccc(Cl)cc3C#N)CC2)nc1. The summed E-state index contributed by atoms with van der Waals surface area (Å²) in [6, 6.07) is 13.6. The molecule has 3 rings (SSSR count). The van der Waals surface area contributed by atoms with Crippen LogP contribution in [0.4, 0.5) is 11.5 Å². The number of pyridine rings is 1. The highest BCUT2D eigenvalue weighted by atomic mass is 35.5. The van der Waals surface area contributed by atoms with E-state index < -0.39 is 0 Å². The third kappa shape index (κ3) is 3.59. The third-order valence-corrected chi connectivity index (χ3v) is 4.39. The lowest BCUT2D eigenvalue weighted by Crippen LogP contribution is -2.39. The number of piperidine rings is 1. The van der Waals surface area contributed by atoms with Gasteiger partial charge in [-0.15, -0.1) is 0 Å². The molecule has 0 atom stereocenters. The van der Waals surface area contributed by atoms with Crippen LogP contribution in [-0.4, -0.2) is 24.1 Å². The second-order valence-electron chi connectivity index (χ2n) is 5.72. The summed E-state index contributed by atoms with van der Waals surface area (Å²) >= 11 is 5.93. The van der Waals surface area contributed by atoms with Crippen molar-refractivity contribution in [2.24, 2.45) is 0 Å². The molecule has 1 N–H and O–H groups in total. The van der Waals surface area contributed by atoms with Gasteiger partial charge in [-0.25, -0.2) is 4.98 Å². The molecule has 24 heavy (non-hydrogen) atoms. The van der Waals surface area contributed by atoms with Crippen LogP contribution < -0.4 is 10.2 Å². The number of halogens is 1. The molecule has 1 saturated heterocycles. The van der Waals surface area contributed by atoms with E-state index in [1.54, 1.807) is 24.4 Å². The summed E-state index contributed by atoms with van der Waals surface area (Å²) in [5, 5.41) is 22.1. The number of hydrogen-bond acceptors (Lipinski definition) is 5. The number of hydrogen-bond donors (Lipinski definition) is 1. The molecule has 1 aromatic carbocycles. The van der Waals surface area contributed by atoms with Crippen LogP contribution in [0.5, 0.6) is 0 Å². The maximum absolute atomic E-state index is 9.22. The predicted molar refractivity (Wildman–Crippen MR) is 94.0 cm³/mol. The van der Waals surface area contributed by atoms with Crippen LogP contribution in [-0.2, 0) is 0 Å². The number of nitrogens with one attached hydrogen (secondary N) is 1. The minimum atomic E-state index is 0.313. The Morgan fingerprint density at radius 2 is 1.92 bits per heavy atom. The standard InChI is InChI=1S/C18H16ClN5/c19-15-2-3-17(14(9-15)11-21)23-16-5-7-24(8-6-16)18-4-1-13(10-20)12-22-18/h1-4,9,12,16,23H,5-8H2. The summed E-state index contributed by atoms with van der Waals surface area (Å²) in [4.78, 5) is 6.56. The quantitative estimate of drug-likeness (QED) is 0.926. The van der Waals surface area contributed by atoms with Gasteiger partial charge >= 0.3 is 0 Å². The molecule has 2 heterocycles. The van der Waals surface area contributed by atoms with Gasteiger partial charge in [0.25, 0.3) is 0 Å². The Balaban J connectivity index is 1.61. The van der Waals surface area contributed by atoms with Crippen LogP contribution in [0.1, 0.15) is 24.0 Å². The van der Waals surface area contributed by atoms with E-state index in [1.165, 1.54) is 0 Å². The molecule has 0 amide bonds. The van der Waals surface area contributed by atoms with Gasteiger partial charge in [-0.05, 0) is 43.2 Å². The second kappa shape index (κ2) is 7.21. The largest absolute Gasteiger partial charge is 0.381 e. The van der Waals surface area contributed by atoms with Crippen molar-refractivity contribution in [1.29, 1.82) is 10.5 Å². The fourth-order valence-electron chi connectivity index (χ4n) is 2.85. The average Bonchev–Trinajstić information content (AvgIpc) is 2.64. The van der Waals surface area contributed by atoms with E-state index in [0.29, 0.717) is 22.2 Å². The summed E-state index contributed by atoms with van der Waals surface area (Å²) in [5.41, 5.74) is 1.97. The lowest BCUT2D eigenvalue weighted by Gasteiger charge is -2.33. The maximum Gasteiger partial charge on any atom is 0.128 e. The zero-order valence-corrected chi connectivity index (χ0v) is 13.8. The molecule has 1 aromatic heterocycles. The minimum Gasteiger partial charge on any atom is -0.381 e. The molecular formula is C18H16ClN5. The van der Waals surface area contributed by atoms with E-state index in [2.05, 4.69) is 27.3 Å². The molecular weight excluding hydrogens is 322 g/mol. The number of anilines is 2. The summed E-state index contributed by atoms with van der Waals surface area (Å²) < 4.78 is 0. The summed E-state index contributed by atoms with van der Waals surface area (Å²) in [6.45, 7) is 1.76. The van der Waals surface area contributed by atoms with Gasteiger partial charge in [-0.2, -0.15) is 10.5 Å². The topological polar surface area (TPSA) is 75.7 Å². The molecule has 0 bridgehead atoms. The lowest BCUT2D eigenvalue weighted by molar-refractivity contribution is 0.523. The second-order valence-corrected chi connectivity index (χ2v) is 6.16. The zero-order chi connectivity index (χ0) is 16.9. The average molecular weight is 338 g/mol. The lowest BCUT2D eigenvalue weighted by atomic mass is 10.0. The van der Waals surface area contributed by atoms with Crippen LogP contribution in [0.2, 0.25) is 5.02 Å². The highest BCUT2D eigenvalue weighted by Gasteiger charge is 2.20. The highest BCUT2D eigenvalue weighted by Crippen LogP contribution is 2.24. The van der Waals surface area contributed by atoms with Gasteiger partial charge in [0.15, 0.2) is 0 Å². The number of benzene rings is 1. The molecule has 120 valence electrons. The summed E-state index contributed by atoms with van der Waals surface area (Å²) in [7, 11) is 0. The minimum absolute atomic E-state index is 0.313. The first-order valence-electron chi connectivity index (χ1n) is 7.77. The number of aromatic nitrogens is 1. The van der Waals surface area contributed by atoms with E-state index in [-0.39, 0.29) is 0 Å². The first-order chi connectivity index (χ1) is 11.7. The van der Waals surface area contributed by atoms with E-state index in [1.807, 2.05) is 12.1 Å². The molecule has 1 aliphatic heterocycles. The van der Waals surface area contributed by atoms with Crippen molar-refractivity contribution in [3.8, 4) is 12.1 Å². The van der Waals surface area contributed by atoms with Gasteiger partial charge in [0.05, 0.1) is 16.8 Å². The van der Waals surface area contributed by atoms with Gasteiger partial charge in [0.1, 0.15) is 18.0 Å². The maximum atomic E-state index is 9.22. The predicted octanol–water partition coefficient (Wildman–Crippen LogP) is 3.56. The molecule has 1 fully saturated rings. The third-order valence-electron chi connectivity index (χ3n) is 4.16. The fourth-order valence-corrected chi connectivity index (χ4v) is 3.02. The van der Waals surface area contributed by atoms with Gasteiger partial charge in [0, 0.05) is 30.4 Å². The Morgan fingerprint density at radius 1 is 1.12 bits per heavy atom.